The number of ether oxygens (including phenoxy) is 1. The van der Waals surface area contributed by atoms with E-state index < -0.39 is 12.8 Å². The van der Waals surface area contributed by atoms with E-state index in [-0.39, 0.29) is 31.0 Å². The number of alkyl halides is 3. The Morgan fingerprint density at radius 2 is 2.05 bits per heavy atom. The molecule has 1 aliphatic heterocycles. The number of carbonyl (C=O) groups is 1. The third-order valence-electron chi connectivity index (χ3n) is 3.29. The fourth-order valence-electron chi connectivity index (χ4n) is 2.28. The number of rotatable bonds is 6. The molecule has 0 bridgehead atoms. The van der Waals surface area contributed by atoms with Crippen molar-refractivity contribution in [2.45, 2.75) is 12.2 Å². The van der Waals surface area contributed by atoms with Gasteiger partial charge in [0.2, 0.25) is 5.91 Å². The van der Waals surface area contributed by atoms with Crippen LogP contribution in [0.4, 0.5) is 13.2 Å². The molecule has 0 aliphatic carbocycles. The summed E-state index contributed by atoms with van der Waals surface area (Å²) in [7, 11) is 0. The lowest BCUT2D eigenvalue weighted by atomic mass is 9.94. The highest BCUT2D eigenvalue weighted by Crippen LogP contribution is 2.24. The van der Waals surface area contributed by atoms with E-state index in [2.05, 4.69) is 20.9 Å². The van der Waals surface area contributed by atoms with Gasteiger partial charge in [-0.15, -0.1) is 0 Å². The van der Waals surface area contributed by atoms with Gasteiger partial charge in [0, 0.05) is 13.1 Å². The number of halogens is 3. The molecule has 3 N–H and O–H groups in total. The van der Waals surface area contributed by atoms with Crippen LogP contribution in [0.2, 0.25) is 0 Å². The van der Waals surface area contributed by atoms with Crippen LogP contribution in [0.3, 0.4) is 0 Å². The number of hydrogen-bond acceptors (Lipinski definition) is 4. The highest BCUT2D eigenvalue weighted by atomic mass is 19.4. The molecule has 1 aliphatic rings. The Hall–Kier alpha value is -1.64. The molecule has 1 aromatic rings. The predicted molar refractivity (Wildman–Crippen MR) is 73.7 cm³/mol. The molecule has 1 fully saturated rings. The summed E-state index contributed by atoms with van der Waals surface area (Å²) in [5.74, 6) is -0.549. The topological polar surface area (TPSA) is 62.4 Å². The molecule has 1 saturated heterocycles. The molecule has 5 nitrogen and oxygen atoms in total. The summed E-state index contributed by atoms with van der Waals surface area (Å²) < 4.78 is 40.1. The molecule has 1 aromatic carbocycles. The van der Waals surface area contributed by atoms with Crippen LogP contribution in [-0.2, 0) is 9.53 Å². The van der Waals surface area contributed by atoms with Gasteiger partial charge in [-0.05, 0) is 5.56 Å². The average molecular weight is 317 g/mol. The number of nitrogens with one attached hydrogen (secondary N) is 3. The fourth-order valence-corrected chi connectivity index (χ4v) is 2.28. The summed E-state index contributed by atoms with van der Waals surface area (Å²) in [5, 5.41) is 2.60. The Morgan fingerprint density at radius 1 is 1.32 bits per heavy atom. The van der Waals surface area contributed by atoms with Crippen LogP contribution in [0, 0.1) is 5.92 Å². The maximum Gasteiger partial charge on any atom is 0.411 e. The zero-order chi connectivity index (χ0) is 16.0. The first kappa shape index (κ1) is 16.7. The molecule has 2 atom stereocenters. The minimum atomic E-state index is -4.35. The molecule has 0 spiro atoms. The first-order chi connectivity index (χ1) is 10.5. The summed E-state index contributed by atoms with van der Waals surface area (Å²) in [6.07, 6.45) is -4.35. The van der Waals surface area contributed by atoms with Crippen molar-refractivity contribution in [3.8, 4) is 0 Å². The second kappa shape index (κ2) is 7.57. The Kier molecular flexibility index (Phi) is 5.76. The van der Waals surface area contributed by atoms with Gasteiger partial charge in [0.25, 0.3) is 0 Å². The molecule has 0 saturated carbocycles. The van der Waals surface area contributed by atoms with Crippen molar-refractivity contribution in [1.29, 1.82) is 0 Å². The van der Waals surface area contributed by atoms with Crippen molar-refractivity contribution in [3.63, 3.8) is 0 Å². The third kappa shape index (κ3) is 4.97. The minimum Gasteiger partial charge on any atom is -0.370 e. The fraction of sp³-hybridized carbons (Fsp3) is 0.500. The van der Waals surface area contributed by atoms with Gasteiger partial charge in [0.05, 0.1) is 18.6 Å². The van der Waals surface area contributed by atoms with Gasteiger partial charge < -0.3 is 10.1 Å². The molecule has 2 unspecified atom stereocenters. The van der Waals surface area contributed by atoms with E-state index in [4.69, 9.17) is 0 Å². The van der Waals surface area contributed by atoms with E-state index in [1.165, 1.54) is 0 Å². The van der Waals surface area contributed by atoms with E-state index >= 15 is 0 Å². The zero-order valence-corrected chi connectivity index (χ0v) is 11.8. The standard InChI is InChI=1S/C14H18F3N3O2/c15-14(16,17)9-22-7-6-18-13(21)11-8-19-20-12(11)10-4-2-1-3-5-10/h1-5,11-12,19-20H,6-9H2,(H,18,21). The predicted octanol–water partition coefficient (Wildman–Crippen LogP) is 1.15. The van der Waals surface area contributed by atoms with Crippen LogP contribution < -0.4 is 16.2 Å². The van der Waals surface area contributed by atoms with Crippen molar-refractivity contribution >= 4 is 5.91 Å². The van der Waals surface area contributed by atoms with Crippen LogP contribution in [-0.4, -0.2) is 38.4 Å². The van der Waals surface area contributed by atoms with Gasteiger partial charge in [-0.1, -0.05) is 30.3 Å². The lowest BCUT2D eigenvalue weighted by Crippen LogP contribution is -2.37. The van der Waals surface area contributed by atoms with E-state index in [1.54, 1.807) is 0 Å². The average Bonchev–Trinajstić information content (AvgIpc) is 2.96. The molecule has 22 heavy (non-hydrogen) atoms. The summed E-state index contributed by atoms with van der Waals surface area (Å²) in [4.78, 5) is 12.1. The highest BCUT2D eigenvalue weighted by Gasteiger charge is 2.33. The summed E-state index contributed by atoms with van der Waals surface area (Å²) in [5.41, 5.74) is 6.94. The lowest BCUT2D eigenvalue weighted by Gasteiger charge is -2.18. The molecular formula is C14H18F3N3O2. The van der Waals surface area contributed by atoms with Crippen LogP contribution in [0.15, 0.2) is 30.3 Å². The molecule has 1 amide bonds. The summed E-state index contributed by atoms with van der Waals surface area (Å²) in [6, 6.07) is 9.32. The minimum absolute atomic E-state index is 0.0485. The number of hydrazine groups is 1. The van der Waals surface area contributed by atoms with E-state index in [0.717, 1.165) is 5.56 Å². The second-order valence-corrected chi connectivity index (χ2v) is 4.98. The number of hydrogen-bond donors (Lipinski definition) is 3. The van der Waals surface area contributed by atoms with Crippen molar-refractivity contribution in [1.82, 2.24) is 16.2 Å². The number of amides is 1. The van der Waals surface area contributed by atoms with Gasteiger partial charge >= 0.3 is 6.18 Å². The van der Waals surface area contributed by atoms with E-state index in [1.807, 2.05) is 30.3 Å². The molecule has 0 radical (unpaired) electrons. The zero-order valence-electron chi connectivity index (χ0n) is 11.8. The van der Waals surface area contributed by atoms with Crippen LogP contribution in [0.5, 0.6) is 0 Å². The third-order valence-corrected chi connectivity index (χ3v) is 3.29. The normalized spacial score (nSPS) is 21.8. The van der Waals surface area contributed by atoms with Crippen molar-refractivity contribution in [3.05, 3.63) is 35.9 Å². The van der Waals surface area contributed by atoms with Crippen molar-refractivity contribution < 1.29 is 22.7 Å². The van der Waals surface area contributed by atoms with Gasteiger partial charge in [-0.3, -0.25) is 10.2 Å². The molecular weight excluding hydrogens is 299 g/mol. The molecule has 122 valence electrons. The van der Waals surface area contributed by atoms with Crippen LogP contribution >= 0.6 is 0 Å². The quantitative estimate of drug-likeness (QED) is 0.689. The Bertz CT molecular complexity index is 482. The van der Waals surface area contributed by atoms with Crippen molar-refractivity contribution in [2.24, 2.45) is 5.92 Å². The summed E-state index contributed by atoms with van der Waals surface area (Å²) in [6.45, 7) is -0.974. The van der Waals surface area contributed by atoms with Gasteiger partial charge in [0.1, 0.15) is 6.61 Å². The Labute approximate surface area is 126 Å². The van der Waals surface area contributed by atoms with Gasteiger partial charge in [-0.2, -0.15) is 13.2 Å². The molecule has 8 heteroatoms. The SMILES string of the molecule is O=C(NCCOCC(F)(F)F)C1CNNC1c1ccccc1. The largest absolute Gasteiger partial charge is 0.411 e. The van der Waals surface area contributed by atoms with Crippen LogP contribution in [0.25, 0.3) is 0 Å². The maximum atomic E-state index is 12.1. The molecule has 0 aromatic heterocycles. The molecule has 2 rings (SSSR count). The monoisotopic (exact) mass is 317 g/mol. The smallest absolute Gasteiger partial charge is 0.370 e. The first-order valence-electron chi connectivity index (χ1n) is 6.93. The number of carbonyl (C=O) groups excluding carboxylic acids is 1. The van der Waals surface area contributed by atoms with Crippen LogP contribution in [0.1, 0.15) is 11.6 Å². The highest BCUT2D eigenvalue weighted by molar-refractivity contribution is 5.80. The lowest BCUT2D eigenvalue weighted by molar-refractivity contribution is -0.173. The second-order valence-electron chi connectivity index (χ2n) is 4.98. The van der Waals surface area contributed by atoms with Gasteiger partial charge in [-0.25, -0.2) is 5.43 Å². The van der Waals surface area contributed by atoms with Crippen molar-refractivity contribution in [2.75, 3.05) is 26.3 Å². The Morgan fingerprint density at radius 3 is 2.73 bits per heavy atom. The first-order valence-corrected chi connectivity index (χ1v) is 6.93. The van der Waals surface area contributed by atoms with E-state index in [0.29, 0.717) is 6.54 Å². The molecule has 1 heterocycles. The van der Waals surface area contributed by atoms with E-state index in [9.17, 15) is 18.0 Å². The maximum absolute atomic E-state index is 12.1. The summed E-state index contributed by atoms with van der Waals surface area (Å²) >= 11 is 0. The van der Waals surface area contributed by atoms with Gasteiger partial charge in [0.15, 0.2) is 0 Å². The Balaban J connectivity index is 1.77. The number of benzene rings is 1.